The molecule has 1 rings (SSSR count). The number of rotatable bonds is 6. The molecule has 0 saturated heterocycles. The van der Waals surface area contributed by atoms with Gasteiger partial charge in [-0.3, -0.25) is 4.79 Å². The first kappa shape index (κ1) is 15.4. The zero-order valence-corrected chi connectivity index (χ0v) is 12.0. The van der Waals surface area contributed by atoms with E-state index in [4.69, 9.17) is 5.73 Å². The maximum Gasteiger partial charge on any atom is 0.227 e. The van der Waals surface area contributed by atoms with Gasteiger partial charge in [0.1, 0.15) is 0 Å². The van der Waals surface area contributed by atoms with E-state index in [0.29, 0.717) is 6.54 Å². The smallest absolute Gasteiger partial charge is 0.227 e. The summed E-state index contributed by atoms with van der Waals surface area (Å²) in [7, 11) is 0. The van der Waals surface area contributed by atoms with Crippen LogP contribution in [0.4, 0.5) is 0 Å². The predicted octanol–water partition coefficient (Wildman–Crippen LogP) is 1.42. The molecule has 0 aromatic carbocycles. The lowest BCUT2D eigenvalue weighted by molar-refractivity contribution is -0.131. The molecule has 1 fully saturated rings. The molecule has 0 aromatic heterocycles. The standard InChI is InChI=1S/C14H28N2O2/c1-4-14(5-2,10-17)9-16-12(18)13(3)8-6-7-11(13)15/h11,17H,4-10,15H2,1-3H3,(H,16,18). The molecule has 0 aliphatic heterocycles. The number of carbonyl (C=O) groups excluding carboxylic acids is 1. The van der Waals surface area contributed by atoms with Gasteiger partial charge in [0, 0.05) is 18.0 Å². The molecule has 1 aliphatic carbocycles. The SMILES string of the molecule is CCC(CC)(CO)CNC(=O)C1(C)CCCC1N. The van der Waals surface area contributed by atoms with Gasteiger partial charge in [0.2, 0.25) is 5.91 Å². The molecule has 4 heteroatoms. The summed E-state index contributed by atoms with van der Waals surface area (Å²) in [6.07, 6.45) is 4.55. The molecule has 4 nitrogen and oxygen atoms in total. The van der Waals surface area contributed by atoms with Crippen molar-refractivity contribution in [2.45, 2.75) is 58.9 Å². The number of aliphatic hydroxyl groups excluding tert-OH is 1. The van der Waals surface area contributed by atoms with Gasteiger partial charge < -0.3 is 16.2 Å². The van der Waals surface area contributed by atoms with Crippen LogP contribution in [-0.4, -0.2) is 30.2 Å². The number of hydrogen-bond acceptors (Lipinski definition) is 3. The van der Waals surface area contributed by atoms with Crippen molar-refractivity contribution in [3.05, 3.63) is 0 Å². The van der Waals surface area contributed by atoms with Crippen LogP contribution in [0.25, 0.3) is 0 Å². The predicted molar refractivity (Wildman–Crippen MR) is 73.0 cm³/mol. The third-order valence-electron chi connectivity index (χ3n) is 5.01. The van der Waals surface area contributed by atoms with Crippen molar-refractivity contribution in [3.8, 4) is 0 Å². The molecule has 2 unspecified atom stereocenters. The van der Waals surface area contributed by atoms with E-state index in [1.807, 2.05) is 6.92 Å². The Bertz CT molecular complexity index is 281. The Morgan fingerprint density at radius 3 is 2.50 bits per heavy atom. The van der Waals surface area contributed by atoms with Crippen molar-refractivity contribution in [1.29, 1.82) is 0 Å². The van der Waals surface area contributed by atoms with E-state index in [0.717, 1.165) is 32.1 Å². The summed E-state index contributed by atoms with van der Waals surface area (Å²) in [5.74, 6) is 0.0484. The van der Waals surface area contributed by atoms with Gasteiger partial charge in [-0.25, -0.2) is 0 Å². The zero-order chi connectivity index (χ0) is 13.8. The van der Waals surface area contributed by atoms with Crippen LogP contribution < -0.4 is 11.1 Å². The highest BCUT2D eigenvalue weighted by molar-refractivity contribution is 5.83. The van der Waals surface area contributed by atoms with Crippen LogP contribution in [0, 0.1) is 10.8 Å². The summed E-state index contributed by atoms with van der Waals surface area (Å²) in [6, 6.07) is -0.0377. The third kappa shape index (κ3) is 2.86. The third-order valence-corrected chi connectivity index (χ3v) is 5.01. The molecular weight excluding hydrogens is 228 g/mol. The summed E-state index contributed by atoms with van der Waals surface area (Å²) >= 11 is 0. The van der Waals surface area contributed by atoms with E-state index in [2.05, 4.69) is 19.2 Å². The Morgan fingerprint density at radius 2 is 2.11 bits per heavy atom. The number of aliphatic hydroxyl groups is 1. The van der Waals surface area contributed by atoms with Crippen molar-refractivity contribution in [2.24, 2.45) is 16.6 Å². The van der Waals surface area contributed by atoms with Gasteiger partial charge in [-0.15, -0.1) is 0 Å². The van der Waals surface area contributed by atoms with Crippen LogP contribution in [0.3, 0.4) is 0 Å². The molecule has 2 atom stereocenters. The number of hydrogen-bond donors (Lipinski definition) is 3. The van der Waals surface area contributed by atoms with Crippen LogP contribution in [0.1, 0.15) is 52.9 Å². The second-order valence-corrected chi connectivity index (χ2v) is 5.96. The fourth-order valence-corrected chi connectivity index (χ4v) is 2.72. The quantitative estimate of drug-likeness (QED) is 0.673. The molecule has 18 heavy (non-hydrogen) atoms. The summed E-state index contributed by atoms with van der Waals surface area (Å²) < 4.78 is 0. The van der Waals surface area contributed by atoms with Crippen molar-refractivity contribution < 1.29 is 9.90 Å². The first-order valence-corrected chi connectivity index (χ1v) is 7.09. The minimum Gasteiger partial charge on any atom is -0.396 e. The van der Waals surface area contributed by atoms with Gasteiger partial charge in [-0.05, 0) is 32.6 Å². The highest BCUT2D eigenvalue weighted by atomic mass is 16.3. The summed E-state index contributed by atoms with van der Waals surface area (Å²) in [5.41, 5.74) is 5.43. The van der Waals surface area contributed by atoms with Gasteiger partial charge >= 0.3 is 0 Å². The Balaban J connectivity index is 2.60. The molecule has 4 N–H and O–H groups in total. The second kappa shape index (κ2) is 6.02. The molecule has 1 amide bonds. The first-order valence-electron chi connectivity index (χ1n) is 7.09. The number of nitrogens with one attached hydrogen (secondary N) is 1. The van der Waals surface area contributed by atoms with Crippen molar-refractivity contribution in [3.63, 3.8) is 0 Å². The lowest BCUT2D eigenvalue weighted by Gasteiger charge is -2.33. The lowest BCUT2D eigenvalue weighted by atomic mass is 9.81. The number of amides is 1. The minimum atomic E-state index is -0.428. The molecule has 106 valence electrons. The van der Waals surface area contributed by atoms with Gasteiger partial charge in [-0.2, -0.15) is 0 Å². The van der Waals surface area contributed by atoms with E-state index in [-0.39, 0.29) is 24.0 Å². The topological polar surface area (TPSA) is 75.3 Å². The summed E-state index contributed by atoms with van der Waals surface area (Å²) in [4.78, 5) is 12.3. The van der Waals surface area contributed by atoms with E-state index in [9.17, 15) is 9.90 Å². The van der Waals surface area contributed by atoms with Gasteiger partial charge in [-0.1, -0.05) is 20.3 Å². The van der Waals surface area contributed by atoms with Crippen molar-refractivity contribution >= 4 is 5.91 Å². The van der Waals surface area contributed by atoms with E-state index >= 15 is 0 Å². The maximum absolute atomic E-state index is 12.3. The monoisotopic (exact) mass is 256 g/mol. The van der Waals surface area contributed by atoms with Crippen LogP contribution in [-0.2, 0) is 4.79 Å². The zero-order valence-electron chi connectivity index (χ0n) is 12.0. The average molecular weight is 256 g/mol. The summed E-state index contributed by atoms with van der Waals surface area (Å²) in [5, 5.41) is 12.5. The Morgan fingerprint density at radius 1 is 1.50 bits per heavy atom. The number of carbonyl (C=O) groups is 1. The molecule has 0 spiro atoms. The molecule has 0 aromatic rings. The number of nitrogens with two attached hydrogens (primary N) is 1. The highest BCUT2D eigenvalue weighted by Crippen LogP contribution is 2.37. The fraction of sp³-hybridized carbons (Fsp3) is 0.929. The molecule has 1 saturated carbocycles. The molecule has 1 aliphatic rings. The Kier molecular flexibility index (Phi) is 5.17. The fourth-order valence-electron chi connectivity index (χ4n) is 2.72. The van der Waals surface area contributed by atoms with E-state index in [1.54, 1.807) is 0 Å². The maximum atomic E-state index is 12.3. The molecule has 0 radical (unpaired) electrons. The first-order chi connectivity index (χ1) is 8.44. The normalized spacial score (nSPS) is 28.4. The van der Waals surface area contributed by atoms with Gasteiger partial charge in [0.25, 0.3) is 0 Å². The molecular formula is C14H28N2O2. The average Bonchev–Trinajstić information content (AvgIpc) is 2.73. The summed E-state index contributed by atoms with van der Waals surface area (Å²) in [6.45, 7) is 6.71. The minimum absolute atomic E-state index is 0.0377. The Labute approximate surface area is 110 Å². The van der Waals surface area contributed by atoms with Crippen molar-refractivity contribution in [1.82, 2.24) is 5.32 Å². The lowest BCUT2D eigenvalue weighted by Crippen LogP contribution is -2.50. The van der Waals surface area contributed by atoms with Crippen LogP contribution in [0.2, 0.25) is 0 Å². The van der Waals surface area contributed by atoms with E-state index in [1.165, 1.54) is 0 Å². The van der Waals surface area contributed by atoms with E-state index < -0.39 is 5.41 Å². The highest BCUT2D eigenvalue weighted by Gasteiger charge is 2.43. The Hall–Kier alpha value is -0.610. The van der Waals surface area contributed by atoms with Gasteiger partial charge in [0.05, 0.1) is 12.0 Å². The van der Waals surface area contributed by atoms with Crippen LogP contribution in [0.5, 0.6) is 0 Å². The largest absolute Gasteiger partial charge is 0.396 e. The van der Waals surface area contributed by atoms with Crippen LogP contribution in [0.15, 0.2) is 0 Å². The molecule has 0 bridgehead atoms. The van der Waals surface area contributed by atoms with Crippen molar-refractivity contribution in [2.75, 3.05) is 13.2 Å². The molecule has 0 heterocycles. The second-order valence-electron chi connectivity index (χ2n) is 5.96. The van der Waals surface area contributed by atoms with Crippen LogP contribution >= 0.6 is 0 Å². The van der Waals surface area contributed by atoms with Gasteiger partial charge in [0.15, 0.2) is 0 Å².